The summed E-state index contributed by atoms with van der Waals surface area (Å²) < 4.78 is 9.62. The maximum atomic E-state index is 10.4. The van der Waals surface area contributed by atoms with Crippen molar-refractivity contribution in [2.24, 2.45) is 0 Å². The molecule has 13 heavy (non-hydrogen) atoms. The smallest absolute Gasteiger partial charge is 0.374 e. The van der Waals surface area contributed by atoms with Crippen LogP contribution in [-0.4, -0.2) is 35.3 Å². The molecule has 0 amide bonds. The Hall–Kier alpha value is -1.85. The first-order chi connectivity index (χ1) is 6.19. The van der Waals surface area contributed by atoms with E-state index in [0.29, 0.717) is 5.75 Å². The van der Waals surface area contributed by atoms with Crippen LogP contribution in [0.1, 0.15) is 10.6 Å². The predicted octanol–water partition coefficient (Wildman–Crippen LogP) is 0.192. The standard InChI is InChI=1S/C7H8N2O4/c1-12-4-3-8-5(7(10)11)9-6(4)13-2/h3H,1-2H3,(H,10,11). The lowest BCUT2D eigenvalue weighted by molar-refractivity contribution is 0.0682. The zero-order valence-electron chi connectivity index (χ0n) is 7.14. The van der Waals surface area contributed by atoms with Gasteiger partial charge in [-0.3, -0.25) is 0 Å². The van der Waals surface area contributed by atoms with E-state index in [1.807, 2.05) is 0 Å². The monoisotopic (exact) mass is 184 g/mol. The number of aromatic nitrogens is 2. The summed E-state index contributed by atoms with van der Waals surface area (Å²) in [5.74, 6) is -1.12. The summed E-state index contributed by atoms with van der Waals surface area (Å²) in [7, 11) is 2.79. The lowest BCUT2D eigenvalue weighted by Crippen LogP contribution is -2.06. The molecule has 0 radical (unpaired) electrons. The number of methoxy groups -OCH3 is 2. The molecule has 0 unspecified atom stereocenters. The molecule has 0 saturated heterocycles. The van der Waals surface area contributed by atoms with E-state index in [-0.39, 0.29) is 11.7 Å². The van der Waals surface area contributed by atoms with Crippen LogP contribution in [0.2, 0.25) is 0 Å². The van der Waals surface area contributed by atoms with Crippen LogP contribution in [0.5, 0.6) is 11.6 Å². The van der Waals surface area contributed by atoms with Crippen molar-refractivity contribution in [3.8, 4) is 11.6 Å². The lowest BCUT2D eigenvalue weighted by Gasteiger charge is -2.04. The lowest BCUT2D eigenvalue weighted by atomic mass is 10.5. The van der Waals surface area contributed by atoms with Gasteiger partial charge in [0.1, 0.15) is 0 Å². The third kappa shape index (κ3) is 1.84. The number of hydrogen-bond donors (Lipinski definition) is 1. The van der Waals surface area contributed by atoms with Crippen LogP contribution in [-0.2, 0) is 0 Å². The van der Waals surface area contributed by atoms with Gasteiger partial charge < -0.3 is 14.6 Å². The summed E-state index contributed by atoms with van der Waals surface area (Å²) in [5, 5.41) is 8.55. The van der Waals surface area contributed by atoms with Crippen LogP contribution in [0.3, 0.4) is 0 Å². The molecular formula is C7H8N2O4. The van der Waals surface area contributed by atoms with Crippen molar-refractivity contribution >= 4 is 5.97 Å². The van der Waals surface area contributed by atoms with E-state index in [1.165, 1.54) is 20.4 Å². The van der Waals surface area contributed by atoms with Gasteiger partial charge in [0, 0.05) is 0 Å². The van der Waals surface area contributed by atoms with E-state index < -0.39 is 5.97 Å². The highest BCUT2D eigenvalue weighted by Gasteiger charge is 2.12. The van der Waals surface area contributed by atoms with Gasteiger partial charge in [0.05, 0.1) is 20.4 Å². The summed E-state index contributed by atoms with van der Waals surface area (Å²) in [6, 6.07) is 0. The summed E-state index contributed by atoms with van der Waals surface area (Å²) >= 11 is 0. The molecule has 0 aliphatic rings. The molecule has 6 heteroatoms. The quantitative estimate of drug-likeness (QED) is 0.722. The predicted molar refractivity (Wildman–Crippen MR) is 42.1 cm³/mol. The highest BCUT2D eigenvalue weighted by atomic mass is 16.5. The van der Waals surface area contributed by atoms with Crippen molar-refractivity contribution in [2.45, 2.75) is 0 Å². The number of carboxylic acid groups (broad SMARTS) is 1. The van der Waals surface area contributed by atoms with Crippen LogP contribution in [0.4, 0.5) is 0 Å². The van der Waals surface area contributed by atoms with Gasteiger partial charge in [-0.2, -0.15) is 4.98 Å². The van der Waals surface area contributed by atoms with Gasteiger partial charge in [-0.05, 0) is 0 Å². The average molecular weight is 184 g/mol. The third-order valence-electron chi connectivity index (χ3n) is 1.33. The molecule has 1 aromatic heterocycles. The molecular weight excluding hydrogens is 176 g/mol. The Morgan fingerprint density at radius 1 is 1.46 bits per heavy atom. The molecule has 0 aromatic carbocycles. The minimum Gasteiger partial charge on any atom is -0.490 e. The molecule has 1 heterocycles. The fourth-order valence-corrected chi connectivity index (χ4v) is 0.744. The Kier molecular flexibility index (Phi) is 2.63. The van der Waals surface area contributed by atoms with Gasteiger partial charge in [-0.15, -0.1) is 0 Å². The van der Waals surface area contributed by atoms with Gasteiger partial charge in [-0.1, -0.05) is 0 Å². The summed E-state index contributed by atoms with van der Waals surface area (Å²) in [6.45, 7) is 0. The minimum absolute atomic E-state index is 0.106. The van der Waals surface area contributed by atoms with Gasteiger partial charge in [0.2, 0.25) is 5.82 Å². The maximum Gasteiger partial charge on any atom is 0.374 e. The molecule has 0 bridgehead atoms. The normalized spacial score (nSPS) is 9.38. The Morgan fingerprint density at radius 2 is 2.15 bits per heavy atom. The maximum absolute atomic E-state index is 10.4. The molecule has 6 nitrogen and oxygen atoms in total. The first-order valence-corrected chi connectivity index (χ1v) is 3.37. The van der Waals surface area contributed by atoms with E-state index in [4.69, 9.17) is 14.6 Å². The minimum atomic E-state index is -1.21. The second-order valence-corrected chi connectivity index (χ2v) is 2.08. The molecule has 0 atom stereocenters. The van der Waals surface area contributed by atoms with E-state index >= 15 is 0 Å². The van der Waals surface area contributed by atoms with Crippen molar-refractivity contribution in [1.29, 1.82) is 0 Å². The Balaban J connectivity index is 3.13. The first kappa shape index (κ1) is 9.24. The number of carbonyl (C=O) groups is 1. The van der Waals surface area contributed by atoms with Gasteiger partial charge >= 0.3 is 5.97 Å². The molecule has 1 rings (SSSR count). The van der Waals surface area contributed by atoms with Crippen LogP contribution in [0, 0.1) is 0 Å². The second kappa shape index (κ2) is 3.70. The summed E-state index contributed by atoms with van der Waals surface area (Å²) in [4.78, 5) is 17.6. The molecule has 0 fully saturated rings. The second-order valence-electron chi connectivity index (χ2n) is 2.08. The van der Waals surface area contributed by atoms with Crippen LogP contribution in [0.15, 0.2) is 6.20 Å². The van der Waals surface area contributed by atoms with Crippen molar-refractivity contribution < 1.29 is 19.4 Å². The van der Waals surface area contributed by atoms with Crippen LogP contribution >= 0.6 is 0 Å². The SMILES string of the molecule is COc1cnc(C(=O)O)nc1OC. The third-order valence-corrected chi connectivity index (χ3v) is 1.33. The molecule has 0 saturated carbocycles. The van der Waals surface area contributed by atoms with E-state index in [0.717, 1.165) is 0 Å². The van der Waals surface area contributed by atoms with Crippen molar-refractivity contribution in [3.05, 3.63) is 12.0 Å². The van der Waals surface area contributed by atoms with Gasteiger partial charge in [-0.25, -0.2) is 9.78 Å². The van der Waals surface area contributed by atoms with E-state index in [1.54, 1.807) is 0 Å². The van der Waals surface area contributed by atoms with Crippen molar-refractivity contribution in [2.75, 3.05) is 14.2 Å². The Labute approximate surface area is 74.1 Å². The van der Waals surface area contributed by atoms with Gasteiger partial charge in [0.15, 0.2) is 5.75 Å². The Morgan fingerprint density at radius 3 is 2.62 bits per heavy atom. The number of hydrogen-bond acceptors (Lipinski definition) is 5. The van der Waals surface area contributed by atoms with E-state index in [9.17, 15) is 4.79 Å². The van der Waals surface area contributed by atoms with Crippen molar-refractivity contribution in [1.82, 2.24) is 9.97 Å². The first-order valence-electron chi connectivity index (χ1n) is 3.37. The fraction of sp³-hybridized carbons (Fsp3) is 0.286. The number of nitrogens with zero attached hydrogens (tertiary/aromatic N) is 2. The highest BCUT2D eigenvalue weighted by molar-refractivity contribution is 5.83. The van der Waals surface area contributed by atoms with Crippen LogP contribution < -0.4 is 9.47 Å². The van der Waals surface area contributed by atoms with E-state index in [2.05, 4.69) is 9.97 Å². The average Bonchev–Trinajstić information content (AvgIpc) is 2.16. The molecule has 70 valence electrons. The highest BCUT2D eigenvalue weighted by Crippen LogP contribution is 2.21. The largest absolute Gasteiger partial charge is 0.490 e. The molecule has 0 spiro atoms. The molecule has 0 aliphatic carbocycles. The molecule has 1 aromatic rings. The number of ether oxygens (including phenoxy) is 2. The fourth-order valence-electron chi connectivity index (χ4n) is 0.744. The number of rotatable bonds is 3. The van der Waals surface area contributed by atoms with Gasteiger partial charge in [0.25, 0.3) is 5.88 Å². The molecule has 1 N–H and O–H groups in total. The zero-order valence-corrected chi connectivity index (χ0v) is 7.14. The molecule has 0 aliphatic heterocycles. The topological polar surface area (TPSA) is 81.5 Å². The number of carboxylic acids is 1. The zero-order chi connectivity index (χ0) is 9.84. The Bertz CT molecular complexity index is 326. The van der Waals surface area contributed by atoms with Crippen molar-refractivity contribution in [3.63, 3.8) is 0 Å². The van der Waals surface area contributed by atoms with Crippen LogP contribution in [0.25, 0.3) is 0 Å². The summed E-state index contributed by atoms with van der Waals surface area (Å²) in [5.41, 5.74) is 0. The summed E-state index contributed by atoms with van der Waals surface area (Å²) in [6.07, 6.45) is 1.25. The number of aromatic carboxylic acids is 1.